The second-order valence-electron chi connectivity index (χ2n) is 6.88. The molecule has 27 heavy (non-hydrogen) atoms. The van der Waals surface area contributed by atoms with Gasteiger partial charge in [0.15, 0.2) is 6.04 Å². The van der Waals surface area contributed by atoms with Gasteiger partial charge in [-0.1, -0.05) is 30.3 Å². The lowest BCUT2D eigenvalue weighted by Gasteiger charge is -2.28. The first kappa shape index (κ1) is 15.8. The average molecular weight is 360 g/mol. The van der Waals surface area contributed by atoms with Gasteiger partial charge in [0, 0.05) is 17.3 Å². The van der Waals surface area contributed by atoms with Crippen LogP contribution in [-0.4, -0.2) is 17.0 Å². The fourth-order valence-corrected chi connectivity index (χ4v) is 4.05. The van der Waals surface area contributed by atoms with Crippen LogP contribution in [0.1, 0.15) is 22.9 Å². The Bertz CT molecular complexity index is 1250. The van der Waals surface area contributed by atoms with Crippen molar-refractivity contribution in [1.82, 2.24) is 4.98 Å². The third-order valence-electron chi connectivity index (χ3n) is 5.35. The minimum Gasteiger partial charge on any atom is -0.544 e. The van der Waals surface area contributed by atoms with Crippen LogP contribution in [0.5, 0.6) is 0 Å². The number of quaternary nitrogens is 1. The van der Waals surface area contributed by atoms with E-state index in [1.54, 1.807) is 29.6 Å². The van der Waals surface area contributed by atoms with Gasteiger partial charge in [0.05, 0.1) is 22.6 Å². The molecule has 3 heterocycles. The summed E-state index contributed by atoms with van der Waals surface area (Å²) in [6.45, 7) is 0. The number of carboxylic acid groups (broad SMARTS) is 1. The molecular formula is C21H16N2O4. The lowest BCUT2D eigenvalue weighted by molar-refractivity contribution is -0.717. The number of H-pyrrole nitrogens is 1. The largest absolute Gasteiger partial charge is 0.544 e. The van der Waals surface area contributed by atoms with Crippen LogP contribution in [0.3, 0.4) is 0 Å². The summed E-state index contributed by atoms with van der Waals surface area (Å²) >= 11 is 0. The third kappa shape index (κ3) is 2.38. The lowest BCUT2D eigenvalue weighted by Crippen LogP contribution is -2.96. The molecule has 0 unspecified atom stereocenters. The van der Waals surface area contributed by atoms with Crippen LogP contribution in [0.15, 0.2) is 64.0 Å². The Morgan fingerprint density at radius 2 is 1.85 bits per heavy atom. The highest BCUT2D eigenvalue weighted by Crippen LogP contribution is 2.31. The monoisotopic (exact) mass is 360 g/mol. The smallest absolute Gasteiger partial charge is 0.202 e. The van der Waals surface area contributed by atoms with E-state index in [-0.39, 0.29) is 5.43 Å². The summed E-state index contributed by atoms with van der Waals surface area (Å²) < 4.78 is 5.66. The van der Waals surface area contributed by atoms with Crippen LogP contribution < -0.4 is 15.9 Å². The Morgan fingerprint density at radius 1 is 1.11 bits per heavy atom. The van der Waals surface area contributed by atoms with E-state index in [2.05, 4.69) is 4.98 Å². The van der Waals surface area contributed by atoms with Gasteiger partial charge in [-0.15, -0.1) is 0 Å². The van der Waals surface area contributed by atoms with Crippen LogP contribution in [0, 0.1) is 0 Å². The molecule has 0 aliphatic carbocycles. The number of carbonyl (C=O) groups is 1. The summed E-state index contributed by atoms with van der Waals surface area (Å²) in [5, 5.41) is 14.8. The van der Waals surface area contributed by atoms with Gasteiger partial charge in [0.25, 0.3) is 0 Å². The molecule has 1 aliphatic rings. The van der Waals surface area contributed by atoms with Gasteiger partial charge in [-0.25, -0.2) is 0 Å². The summed E-state index contributed by atoms with van der Waals surface area (Å²) in [6, 6.07) is 13.5. The minimum absolute atomic E-state index is 0.151. The van der Waals surface area contributed by atoms with Gasteiger partial charge in [0.1, 0.15) is 17.9 Å². The SMILES string of the molecule is O=C([O-])[C@@H]1Cc2c([nH]c3ccccc23)[C@@H](c2coc3ccccc3c2=O)[NH2+]1. The second-order valence-corrected chi connectivity index (χ2v) is 6.88. The number of aliphatic carboxylic acids is 1. The number of benzene rings is 2. The zero-order chi connectivity index (χ0) is 18.5. The molecule has 0 radical (unpaired) electrons. The lowest BCUT2D eigenvalue weighted by atomic mass is 9.90. The van der Waals surface area contributed by atoms with Crippen molar-refractivity contribution in [3.8, 4) is 0 Å². The highest BCUT2D eigenvalue weighted by atomic mass is 16.4. The zero-order valence-corrected chi connectivity index (χ0v) is 14.3. The van der Waals surface area contributed by atoms with Crippen molar-refractivity contribution in [3.63, 3.8) is 0 Å². The van der Waals surface area contributed by atoms with E-state index >= 15 is 0 Å². The standard InChI is InChI=1S/C21H16N2O4/c24-20-12-6-2-4-8-17(12)27-10-14(20)19-18-13(9-16(23-19)21(25)26)11-5-1-3-7-15(11)22-18/h1-8,10,16,19,22-23H,9H2,(H,25,26)/t16-,19+/m0/s1. The van der Waals surface area contributed by atoms with Gasteiger partial charge in [-0.3, -0.25) is 4.79 Å². The molecule has 134 valence electrons. The molecule has 0 bridgehead atoms. The zero-order valence-electron chi connectivity index (χ0n) is 14.3. The first-order valence-electron chi connectivity index (χ1n) is 8.79. The fourth-order valence-electron chi connectivity index (χ4n) is 4.05. The molecule has 0 amide bonds. The molecule has 0 saturated heterocycles. The summed E-state index contributed by atoms with van der Waals surface area (Å²) in [5.74, 6) is -1.14. The van der Waals surface area contributed by atoms with Crippen molar-refractivity contribution < 1.29 is 19.6 Å². The average Bonchev–Trinajstić information content (AvgIpc) is 3.07. The number of carbonyl (C=O) groups excluding carboxylic acids is 1. The van der Waals surface area contributed by atoms with Crippen molar-refractivity contribution >= 4 is 27.8 Å². The predicted octanol–water partition coefficient (Wildman–Crippen LogP) is 0.602. The Morgan fingerprint density at radius 3 is 2.67 bits per heavy atom. The highest BCUT2D eigenvalue weighted by molar-refractivity contribution is 5.86. The fraction of sp³-hybridized carbons (Fsp3) is 0.143. The summed E-state index contributed by atoms with van der Waals surface area (Å²) in [7, 11) is 0. The molecule has 0 fully saturated rings. The van der Waals surface area contributed by atoms with E-state index in [0.29, 0.717) is 23.0 Å². The van der Waals surface area contributed by atoms with Crippen LogP contribution in [-0.2, 0) is 11.2 Å². The van der Waals surface area contributed by atoms with Gasteiger partial charge < -0.3 is 24.6 Å². The Labute approximate surface area is 153 Å². The number of nitrogens with two attached hydrogens (primary N) is 1. The van der Waals surface area contributed by atoms with Crippen LogP contribution in [0.25, 0.3) is 21.9 Å². The summed E-state index contributed by atoms with van der Waals surface area (Å²) in [5.41, 5.74) is 3.46. The quantitative estimate of drug-likeness (QED) is 0.546. The molecule has 0 saturated carbocycles. The number of hydrogen-bond acceptors (Lipinski definition) is 4. The van der Waals surface area contributed by atoms with E-state index in [1.807, 2.05) is 24.3 Å². The first-order chi connectivity index (χ1) is 13.1. The maximum Gasteiger partial charge on any atom is 0.202 e. The van der Waals surface area contributed by atoms with Gasteiger partial charge in [-0.05, 0) is 23.8 Å². The molecule has 4 aromatic rings. The first-order valence-corrected chi connectivity index (χ1v) is 8.79. The summed E-state index contributed by atoms with van der Waals surface area (Å²) in [6.07, 6.45) is 1.79. The van der Waals surface area contributed by atoms with Crippen molar-refractivity contribution in [2.75, 3.05) is 0 Å². The van der Waals surface area contributed by atoms with Crippen LogP contribution in [0.4, 0.5) is 0 Å². The van der Waals surface area contributed by atoms with Crippen molar-refractivity contribution in [2.24, 2.45) is 0 Å². The topological polar surface area (TPSA) is 103 Å². The number of aromatic nitrogens is 1. The second kappa shape index (κ2) is 5.82. The Balaban J connectivity index is 1.76. The molecule has 6 nitrogen and oxygen atoms in total. The van der Waals surface area contributed by atoms with Crippen molar-refractivity contribution in [3.05, 3.63) is 81.8 Å². The van der Waals surface area contributed by atoms with Crippen LogP contribution >= 0.6 is 0 Å². The van der Waals surface area contributed by atoms with Crippen LogP contribution in [0.2, 0.25) is 0 Å². The molecule has 2 aromatic heterocycles. The molecular weight excluding hydrogens is 344 g/mol. The van der Waals surface area contributed by atoms with E-state index in [4.69, 9.17) is 4.42 Å². The van der Waals surface area contributed by atoms with E-state index in [1.165, 1.54) is 6.26 Å². The molecule has 2 aromatic carbocycles. The van der Waals surface area contributed by atoms with E-state index < -0.39 is 18.1 Å². The Kier molecular flexibility index (Phi) is 3.42. The molecule has 1 aliphatic heterocycles. The predicted molar refractivity (Wildman–Crippen MR) is 97.1 cm³/mol. The highest BCUT2D eigenvalue weighted by Gasteiger charge is 2.36. The normalized spacial score (nSPS) is 19.3. The van der Waals surface area contributed by atoms with E-state index in [9.17, 15) is 14.7 Å². The van der Waals surface area contributed by atoms with Gasteiger partial charge >= 0.3 is 0 Å². The van der Waals surface area contributed by atoms with Crippen molar-refractivity contribution in [1.29, 1.82) is 0 Å². The molecule has 0 spiro atoms. The Hall–Kier alpha value is -3.38. The maximum atomic E-state index is 13.1. The molecule has 5 rings (SSSR count). The number of hydrogen-bond donors (Lipinski definition) is 2. The number of carboxylic acids is 1. The number of nitrogens with one attached hydrogen (secondary N) is 1. The molecule has 3 N–H and O–H groups in total. The number of para-hydroxylation sites is 2. The summed E-state index contributed by atoms with van der Waals surface area (Å²) in [4.78, 5) is 28.1. The molecule has 6 heteroatoms. The van der Waals surface area contributed by atoms with Gasteiger partial charge in [0.2, 0.25) is 5.43 Å². The maximum absolute atomic E-state index is 13.1. The minimum atomic E-state index is -1.14. The third-order valence-corrected chi connectivity index (χ3v) is 5.35. The van der Waals surface area contributed by atoms with E-state index in [0.717, 1.165) is 22.2 Å². The van der Waals surface area contributed by atoms with Gasteiger partial charge in [-0.2, -0.15) is 0 Å². The van der Waals surface area contributed by atoms with Crippen molar-refractivity contribution in [2.45, 2.75) is 18.5 Å². The number of aromatic amines is 1. The number of rotatable bonds is 2. The number of fused-ring (bicyclic) bond motifs is 4. The molecule has 2 atom stereocenters.